The van der Waals surface area contributed by atoms with Crippen LogP contribution in [0.15, 0.2) is 69.2 Å². The van der Waals surface area contributed by atoms with Crippen molar-refractivity contribution in [3.63, 3.8) is 0 Å². The van der Waals surface area contributed by atoms with E-state index in [1.807, 2.05) is 4.72 Å². The summed E-state index contributed by atoms with van der Waals surface area (Å²) in [6.07, 6.45) is 2.30. The molecule has 0 radical (unpaired) electrons. The number of sulfonamides is 1. The maximum absolute atomic E-state index is 15.5. The molecule has 63 heavy (non-hydrogen) atoms. The maximum atomic E-state index is 15.5. The summed E-state index contributed by atoms with van der Waals surface area (Å²) >= 11 is 0. The van der Waals surface area contributed by atoms with Gasteiger partial charge >= 0.3 is 17.8 Å². The largest absolute Gasteiger partial charge is 0.511 e. The lowest BCUT2D eigenvalue weighted by atomic mass is 9.95. The van der Waals surface area contributed by atoms with E-state index < -0.39 is 79.9 Å². The van der Waals surface area contributed by atoms with Crippen LogP contribution in [0.1, 0.15) is 93.4 Å². The molecule has 0 bridgehead atoms. The Hall–Kier alpha value is -6.44. The number of hydrogen-bond donors (Lipinski definition) is 3. The van der Waals surface area contributed by atoms with E-state index in [0.717, 1.165) is 36.0 Å². The molecule has 1 aliphatic rings. The summed E-state index contributed by atoms with van der Waals surface area (Å²) in [6, 6.07) is 7.25. The van der Waals surface area contributed by atoms with Gasteiger partial charge in [0.05, 0.1) is 16.1 Å². The number of benzene rings is 2. The highest BCUT2D eigenvalue weighted by molar-refractivity contribution is 7.92. The van der Waals surface area contributed by atoms with Crippen LogP contribution in [0.25, 0.3) is 5.82 Å². The van der Waals surface area contributed by atoms with E-state index in [9.17, 15) is 37.2 Å². The third-order valence-electron chi connectivity index (χ3n) is 10.4. The lowest BCUT2D eigenvalue weighted by Gasteiger charge is -2.23. The number of nitrogens with one attached hydrogen (secondary N) is 3. The Kier molecular flexibility index (Phi) is 14.9. The summed E-state index contributed by atoms with van der Waals surface area (Å²) in [5, 5.41) is 4.96. The molecule has 2 aromatic carbocycles. The van der Waals surface area contributed by atoms with Gasteiger partial charge in [0.25, 0.3) is 21.5 Å². The molecule has 2 atom stereocenters. The van der Waals surface area contributed by atoms with Crippen LogP contribution in [0.2, 0.25) is 0 Å². The topological polar surface area (TPSA) is 223 Å². The number of anilines is 2. The number of aryl methyl sites for hydroxylation is 1. The number of pyridine rings is 1. The fraction of sp³-hybridized carbons (Fsp3) is 0.419. The van der Waals surface area contributed by atoms with Crippen molar-refractivity contribution >= 4 is 45.3 Å². The highest BCUT2D eigenvalue weighted by atomic mass is 32.2. The molecule has 3 N–H and O–H groups in total. The Bertz CT molecular complexity index is 2560. The molecule has 2 aromatic heterocycles. The molecule has 1 unspecified atom stereocenters. The normalized spacial score (nSPS) is 14.2. The first-order valence-electron chi connectivity index (χ1n) is 20.1. The Balaban J connectivity index is 1.32. The summed E-state index contributed by atoms with van der Waals surface area (Å²) in [4.78, 5) is 81.5. The van der Waals surface area contributed by atoms with E-state index >= 15 is 8.78 Å². The second-order valence-corrected chi connectivity index (χ2v) is 17.9. The minimum Gasteiger partial charge on any atom is -0.431 e. The Labute approximate surface area is 362 Å². The molecule has 17 nitrogen and oxygen atoms in total. The number of amides is 2. The van der Waals surface area contributed by atoms with E-state index in [0.29, 0.717) is 47.5 Å². The zero-order valence-electron chi connectivity index (χ0n) is 35.9. The van der Waals surface area contributed by atoms with Gasteiger partial charge in [0.1, 0.15) is 29.6 Å². The number of ether oxygens (including phenoxy) is 3. The average molecular weight is 897 g/mol. The van der Waals surface area contributed by atoms with Gasteiger partial charge in [-0.2, -0.15) is 0 Å². The van der Waals surface area contributed by atoms with Gasteiger partial charge in [0.2, 0.25) is 12.2 Å². The highest BCUT2D eigenvalue weighted by Gasteiger charge is 2.29. The number of carbonyl (C=O) groups excluding carboxylic acids is 4. The number of nitrogens with zero attached hydrogens (tertiary/aromatic N) is 3. The molecule has 1 saturated carbocycles. The lowest BCUT2D eigenvalue weighted by molar-refractivity contribution is -0.171. The van der Waals surface area contributed by atoms with Crippen molar-refractivity contribution in [2.24, 2.45) is 12.5 Å². The quantitative estimate of drug-likeness (QED) is 0.102. The van der Waals surface area contributed by atoms with Crippen LogP contribution in [0.4, 0.5) is 25.0 Å². The molecule has 338 valence electrons. The fourth-order valence-electron chi connectivity index (χ4n) is 6.44. The van der Waals surface area contributed by atoms with Crippen LogP contribution >= 0.6 is 0 Å². The molecule has 0 saturated heterocycles. The van der Waals surface area contributed by atoms with E-state index in [1.165, 1.54) is 49.0 Å². The number of esters is 1. The van der Waals surface area contributed by atoms with Gasteiger partial charge in [-0.25, -0.2) is 41.1 Å². The number of rotatable bonds is 14. The minimum atomic E-state index is -4.50. The van der Waals surface area contributed by atoms with Crippen LogP contribution < -0.4 is 26.6 Å². The number of aromatic nitrogens is 3. The monoisotopic (exact) mass is 896 g/mol. The molecule has 2 amide bonds. The van der Waals surface area contributed by atoms with Crippen molar-refractivity contribution < 1.29 is 50.6 Å². The van der Waals surface area contributed by atoms with E-state index in [4.69, 9.17) is 14.2 Å². The summed E-state index contributed by atoms with van der Waals surface area (Å²) in [7, 11) is -2.98. The van der Waals surface area contributed by atoms with E-state index in [-0.39, 0.29) is 35.6 Å². The van der Waals surface area contributed by atoms with Gasteiger partial charge in [-0.05, 0) is 94.3 Å². The molecular formula is C43H50F2N6O11S. The Morgan fingerprint density at radius 1 is 0.937 bits per heavy atom. The van der Waals surface area contributed by atoms with Crippen LogP contribution in [0, 0.1) is 30.9 Å². The maximum Gasteiger partial charge on any atom is 0.511 e. The highest BCUT2D eigenvalue weighted by Crippen LogP contribution is 2.25. The van der Waals surface area contributed by atoms with Crippen molar-refractivity contribution in [1.29, 1.82) is 0 Å². The second-order valence-electron chi connectivity index (χ2n) is 16.2. The number of carbonyl (C=O) groups is 4. The summed E-state index contributed by atoms with van der Waals surface area (Å²) in [5.41, 5.74) is -1.99. The lowest BCUT2D eigenvalue weighted by Crippen LogP contribution is -2.44. The minimum absolute atomic E-state index is 0.00756. The van der Waals surface area contributed by atoms with Crippen molar-refractivity contribution in [2.45, 2.75) is 110 Å². The van der Waals surface area contributed by atoms with Gasteiger partial charge in [-0.1, -0.05) is 33.3 Å². The predicted molar refractivity (Wildman–Crippen MR) is 226 cm³/mol. The molecule has 20 heteroatoms. The van der Waals surface area contributed by atoms with Gasteiger partial charge in [0.15, 0.2) is 0 Å². The smallest absolute Gasteiger partial charge is 0.431 e. The molecule has 0 aliphatic heterocycles. The third kappa shape index (κ3) is 11.9. The van der Waals surface area contributed by atoms with Crippen LogP contribution in [0.5, 0.6) is 0 Å². The SMILES string of the molecule is Cc1c(C)n(C)c(=O)n(-c2ccc(CC[C@H](NC(=O)c3cc(F)c(NS(=O)(=O)c4ccc(NC(=O)C(C)(C)C)cc4)cc3F)C(=O)OC(C)OC(=O)OC3CCCCC3)cn2)c1=O. The zero-order valence-corrected chi connectivity index (χ0v) is 36.7. The van der Waals surface area contributed by atoms with Gasteiger partial charge in [-0.3, -0.25) is 19.1 Å². The molecule has 2 heterocycles. The first kappa shape index (κ1) is 47.6. The molecule has 0 spiro atoms. The molecule has 4 aromatic rings. The fourth-order valence-corrected chi connectivity index (χ4v) is 7.50. The summed E-state index contributed by atoms with van der Waals surface area (Å²) in [6.45, 7) is 9.55. The molecule has 5 rings (SSSR count). The van der Waals surface area contributed by atoms with Gasteiger partial charge < -0.3 is 29.4 Å². The number of halogens is 2. The third-order valence-corrected chi connectivity index (χ3v) is 11.8. The first-order chi connectivity index (χ1) is 29.5. The standard InChI is InChI=1S/C43H50F2N6O11S/c1-24-25(2)50(7)41(56)51(38(24)53)36-20-14-27(23-46-36)13-19-34(39(54)60-26(3)61-42(57)62-29-11-9-8-10-12-29)48-37(52)31-21-33(45)35(22-32(31)44)49-63(58,59)30-17-15-28(16-18-30)47-40(55)43(4,5)6/h14-18,20-23,26,29,34,49H,8-13,19H2,1-7H3,(H,47,55)(H,48,52)/t26?,34-/m0/s1. The second kappa shape index (κ2) is 19.7. The molecule has 1 fully saturated rings. The molecule has 1 aliphatic carbocycles. The van der Waals surface area contributed by atoms with Gasteiger partial charge in [0, 0.05) is 48.6 Å². The van der Waals surface area contributed by atoms with Crippen molar-refractivity contribution in [3.8, 4) is 5.82 Å². The Morgan fingerprint density at radius 2 is 1.60 bits per heavy atom. The van der Waals surface area contributed by atoms with E-state index in [1.54, 1.807) is 34.6 Å². The Morgan fingerprint density at radius 3 is 2.22 bits per heavy atom. The van der Waals surface area contributed by atoms with Crippen LogP contribution in [-0.2, 0) is 47.3 Å². The first-order valence-corrected chi connectivity index (χ1v) is 21.6. The summed E-state index contributed by atoms with van der Waals surface area (Å²) < 4.78 is 77.1. The van der Waals surface area contributed by atoms with Gasteiger partial charge in [-0.15, -0.1) is 0 Å². The average Bonchev–Trinajstić information content (AvgIpc) is 3.22. The van der Waals surface area contributed by atoms with E-state index in [2.05, 4.69) is 15.6 Å². The molecular weight excluding hydrogens is 847 g/mol. The number of hydrogen-bond acceptors (Lipinski definition) is 12. The van der Waals surface area contributed by atoms with Crippen molar-refractivity contribution in [3.05, 3.63) is 110 Å². The van der Waals surface area contributed by atoms with Crippen LogP contribution in [-0.4, -0.2) is 64.9 Å². The van der Waals surface area contributed by atoms with Crippen LogP contribution in [0.3, 0.4) is 0 Å². The zero-order chi connectivity index (χ0) is 46.4. The predicted octanol–water partition coefficient (Wildman–Crippen LogP) is 5.72. The van der Waals surface area contributed by atoms with Crippen molar-refractivity contribution in [1.82, 2.24) is 19.4 Å². The van der Waals surface area contributed by atoms with Crippen molar-refractivity contribution in [2.75, 3.05) is 10.0 Å². The summed E-state index contributed by atoms with van der Waals surface area (Å²) in [5.74, 6) is -5.37.